The largest absolute Gasteiger partial charge is 0.396 e. The lowest BCUT2D eigenvalue weighted by Crippen LogP contribution is -2.14. The third-order valence-electron chi connectivity index (χ3n) is 2.41. The third kappa shape index (κ3) is 2.36. The third-order valence-corrected chi connectivity index (χ3v) is 2.82. The maximum absolute atomic E-state index is 12.3. The van der Waals surface area contributed by atoms with Crippen molar-refractivity contribution < 1.29 is 13.2 Å². The number of rotatable bonds is 2. The second-order valence-corrected chi connectivity index (χ2v) is 3.99. The number of hydrogen-bond donors (Lipinski definition) is 0. The Labute approximate surface area is 100 Å². The number of aromatic nitrogens is 3. The van der Waals surface area contributed by atoms with E-state index >= 15 is 0 Å². The zero-order chi connectivity index (χ0) is 12.6. The van der Waals surface area contributed by atoms with E-state index in [0.717, 1.165) is 5.56 Å². The van der Waals surface area contributed by atoms with Crippen molar-refractivity contribution in [3.63, 3.8) is 0 Å². The van der Waals surface area contributed by atoms with Crippen LogP contribution in [-0.4, -0.2) is 20.8 Å². The lowest BCUT2D eigenvalue weighted by molar-refractivity contribution is -0.128. The molecule has 7 heteroatoms. The summed E-state index contributed by atoms with van der Waals surface area (Å²) in [5.74, 6) is -0.156. The molecule has 0 atom stereocenters. The highest BCUT2D eigenvalue weighted by molar-refractivity contribution is 6.34. The summed E-state index contributed by atoms with van der Waals surface area (Å²) in [5.41, 5.74) is 1.11. The molecule has 0 saturated carbocycles. The molecule has 0 aliphatic carbocycles. The molecule has 2 heterocycles. The van der Waals surface area contributed by atoms with E-state index in [1.807, 2.05) is 6.92 Å². The Kier molecular flexibility index (Phi) is 2.99. The van der Waals surface area contributed by atoms with Gasteiger partial charge in [-0.15, -0.1) is 10.2 Å². The highest BCUT2D eigenvalue weighted by atomic mass is 35.5. The standard InChI is InChI=1S/C10H9ClF3N3/c1-2-6-3-4-17-7(5-10(12,13)14)15-16-9(17)8(6)11/h3-4H,2,5H2,1H3. The van der Waals surface area contributed by atoms with E-state index in [4.69, 9.17) is 11.6 Å². The molecule has 0 unspecified atom stereocenters. The highest BCUT2D eigenvalue weighted by Crippen LogP contribution is 2.25. The van der Waals surface area contributed by atoms with Gasteiger partial charge in [-0.3, -0.25) is 4.40 Å². The first kappa shape index (κ1) is 12.2. The Balaban J connectivity index is 2.52. The molecule has 0 aromatic carbocycles. The van der Waals surface area contributed by atoms with E-state index in [9.17, 15) is 13.2 Å². The van der Waals surface area contributed by atoms with Crippen LogP contribution in [0.15, 0.2) is 12.3 Å². The van der Waals surface area contributed by atoms with Crippen molar-refractivity contribution in [2.24, 2.45) is 0 Å². The summed E-state index contributed by atoms with van der Waals surface area (Å²) in [6, 6.07) is 1.68. The summed E-state index contributed by atoms with van der Waals surface area (Å²) < 4.78 is 38.1. The van der Waals surface area contributed by atoms with Crippen molar-refractivity contribution in [1.82, 2.24) is 14.6 Å². The fourth-order valence-corrected chi connectivity index (χ4v) is 1.91. The number of alkyl halides is 3. The molecular formula is C10H9ClF3N3. The molecule has 17 heavy (non-hydrogen) atoms. The average Bonchev–Trinajstić information content (AvgIpc) is 2.61. The Morgan fingerprint density at radius 3 is 2.65 bits per heavy atom. The normalized spacial score (nSPS) is 12.3. The molecule has 0 fully saturated rings. The number of hydrogen-bond acceptors (Lipinski definition) is 2. The molecule has 0 saturated heterocycles. The number of halogens is 4. The van der Waals surface area contributed by atoms with E-state index in [2.05, 4.69) is 10.2 Å². The van der Waals surface area contributed by atoms with Gasteiger partial charge in [0.25, 0.3) is 0 Å². The van der Waals surface area contributed by atoms with Crippen LogP contribution >= 0.6 is 11.6 Å². The molecule has 3 nitrogen and oxygen atoms in total. The summed E-state index contributed by atoms with van der Waals surface area (Å²) in [7, 11) is 0. The molecular weight excluding hydrogens is 255 g/mol. The van der Waals surface area contributed by atoms with Gasteiger partial charge in [0, 0.05) is 6.20 Å². The lowest BCUT2D eigenvalue weighted by atomic mass is 10.2. The van der Waals surface area contributed by atoms with Crippen molar-refractivity contribution in [2.75, 3.05) is 0 Å². The Morgan fingerprint density at radius 1 is 1.35 bits per heavy atom. The van der Waals surface area contributed by atoms with E-state index in [1.165, 1.54) is 10.6 Å². The van der Waals surface area contributed by atoms with Crippen LogP contribution in [0.25, 0.3) is 5.65 Å². The van der Waals surface area contributed by atoms with Gasteiger partial charge in [0.2, 0.25) is 0 Å². The summed E-state index contributed by atoms with van der Waals surface area (Å²) in [6.45, 7) is 1.91. The average molecular weight is 264 g/mol. The van der Waals surface area contributed by atoms with Crippen LogP contribution in [0, 0.1) is 0 Å². The molecule has 0 radical (unpaired) electrons. The first-order valence-electron chi connectivity index (χ1n) is 5.00. The Bertz CT molecular complexity index is 547. The molecule has 92 valence electrons. The minimum absolute atomic E-state index is 0.156. The van der Waals surface area contributed by atoms with Crippen LogP contribution in [0.5, 0.6) is 0 Å². The SMILES string of the molecule is CCc1ccn2c(CC(F)(F)F)nnc2c1Cl. The van der Waals surface area contributed by atoms with Crippen molar-refractivity contribution in [2.45, 2.75) is 25.9 Å². The maximum Gasteiger partial charge on any atom is 0.396 e. The molecule has 0 aliphatic heterocycles. The summed E-state index contributed by atoms with van der Waals surface area (Å²) in [6.07, 6.45) is -3.22. The second-order valence-electron chi connectivity index (χ2n) is 3.61. The van der Waals surface area contributed by atoms with Gasteiger partial charge in [-0.25, -0.2) is 0 Å². The molecule has 0 spiro atoms. The number of aryl methyl sites for hydroxylation is 1. The molecule has 0 bridgehead atoms. The zero-order valence-corrected chi connectivity index (χ0v) is 9.68. The van der Waals surface area contributed by atoms with Crippen LogP contribution in [0.2, 0.25) is 5.02 Å². The highest BCUT2D eigenvalue weighted by Gasteiger charge is 2.30. The lowest BCUT2D eigenvalue weighted by Gasteiger charge is -2.06. The van der Waals surface area contributed by atoms with Gasteiger partial charge in [-0.05, 0) is 18.1 Å². The number of pyridine rings is 1. The van der Waals surface area contributed by atoms with Crippen LogP contribution in [-0.2, 0) is 12.8 Å². The quantitative estimate of drug-likeness (QED) is 0.834. The molecule has 0 aliphatic rings. The van der Waals surface area contributed by atoms with Gasteiger partial charge in [0.05, 0.1) is 5.02 Å². The summed E-state index contributed by atoms with van der Waals surface area (Å²) in [5, 5.41) is 7.57. The minimum Gasteiger partial charge on any atom is -0.285 e. The zero-order valence-electron chi connectivity index (χ0n) is 8.92. The van der Waals surface area contributed by atoms with Gasteiger partial charge >= 0.3 is 6.18 Å². The predicted molar refractivity (Wildman–Crippen MR) is 57.1 cm³/mol. The first-order chi connectivity index (χ1) is 7.92. The van der Waals surface area contributed by atoms with Crippen LogP contribution in [0.1, 0.15) is 18.3 Å². The monoisotopic (exact) mass is 263 g/mol. The molecule has 2 rings (SSSR count). The summed E-state index contributed by atoms with van der Waals surface area (Å²) in [4.78, 5) is 0. The number of nitrogens with zero attached hydrogens (tertiary/aromatic N) is 3. The van der Waals surface area contributed by atoms with Crippen molar-refractivity contribution in [3.05, 3.63) is 28.7 Å². The van der Waals surface area contributed by atoms with Crippen molar-refractivity contribution >= 4 is 17.2 Å². The molecule has 2 aromatic rings. The first-order valence-corrected chi connectivity index (χ1v) is 5.38. The smallest absolute Gasteiger partial charge is 0.285 e. The molecule has 2 aromatic heterocycles. The van der Waals surface area contributed by atoms with Gasteiger partial charge in [-0.2, -0.15) is 13.2 Å². The molecule has 0 amide bonds. The van der Waals surface area contributed by atoms with Crippen molar-refractivity contribution in [1.29, 1.82) is 0 Å². The predicted octanol–water partition coefficient (Wildman–Crippen LogP) is 3.05. The maximum atomic E-state index is 12.3. The number of fused-ring (bicyclic) bond motifs is 1. The van der Waals surface area contributed by atoms with Crippen molar-refractivity contribution in [3.8, 4) is 0 Å². The van der Waals surface area contributed by atoms with Gasteiger partial charge in [0.1, 0.15) is 12.2 Å². The van der Waals surface area contributed by atoms with Crippen LogP contribution in [0.4, 0.5) is 13.2 Å². The topological polar surface area (TPSA) is 30.2 Å². The van der Waals surface area contributed by atoms with Crippen LogP contribution in [0.3, 0.4) is 0 Å². The van der Waals surface area contributed by atoms with E-state index < -0.39 is 12.6 Å². The van der Waals surface area contributed by atoms with Gasteiger partial charge in [-0.1, -0.05) is 18.5 Å². The summed E-state index contributed by atoms with van der Waals surface area (Å²) >= 11 is 6.02. The second kappa shape index (κ2) is 4.18. The van der Waals surface area contributed by atoms with E-state index in [0.29, 0.717) is 11.4 Å². The minimum atomic E-state index is -4.31. The molecule has 0 N–H and O–H groups in total. The van der Waals surface area contributed by atoms with Crippen LogP contribution < -0.4 is 0 Å². The fourth-order valence-electron chi connectivity index (χ4n) is 1.58. The Hall–Kier alpha value is -1.30. The van der Waals surface area contributed by atoms with E-state index in [1.54, 1.807) is 6.07 Å². The van der Waals surface area contributed by atoms with E-state index in [-0.39, 0.29) is 11.5 Å². The van der Waals surface area contributed by atoms with Gasteiger partial charge < -0.3 is 0 Å². The van der Waals surface area contributed by atoms with Gasteiger partial charge in [0.15, 0.2) is 5.65 Å². The fraction of sp³-hybridized carbons (Fsp3) is 0.400. The Morgan fingerprint density at radius 2 is 2.06 bits per heavy atom.